The third-order valence-electron chi connectivity index (χ3n) is 5.46. The molecule has 0 radical (unpaired) electrons. The van der Waals surface area contributed by atoms with Gasteiger partial charge in [0.25, 0.3) is 0 Å². The van der Waals surface area contributed by atoms with Gasteiger partial charge in [-0.2, -0.15) is 0 Å². The number of hydrogen-bond donors (Lipinski definition) is 0. The Balaban J connectivity index is 2.49. The van der Waals surface area contributed by atoms with Gasteiger partial charge in [0.1, 0.15) is 17.0 Å². The maximum Gasteiger partial charge on any atom is 0.303 e. The predicted octanol–water partition coefficient (Wildman–Crippen LogP) is 1.73. The molecule has 2 aliphatic rings. The van der Waals surface area contributed by atoms with E-state index in [2.05, 4.69) is 15.9 Å². The molecule has 1 saturated heterocycles. The average molecular weight is 581 g/mol. The topological polar surface area (TPSA) is 150 Å². The van der Waals surface area contributed by atoms with Crippen LogP contribution in [0, 0.1) is 0 Å². The average Bonchev–Trinajstić information content (AvgIpc) is 3.11. The van der Waals surface area contributed by atoms with Gasteiger partial charge in [0, 0.05) is 40.7 Å². The number of esters is 4. The Labute approximate surface area is 217 Å². The Hall–Kier alpha value is -2.09. The van der Waals surface area contributed by atoms with Crippen LogP contribution in [0.4, 0.5) is 0 Å². The molecular formula is C23H33BrO12. The number of Topliss-reactive ketones (excluding diaryl/α,β-unsaturated/α-hetero) is 1. The van der Waals surface area contributed by atoms with Gasteiger partial charge in [-0.05, 0) is 19.3 Å². The molecule has 1 aliphatic carbocycles. The Morgan fingerprint density at radius 1 is 0.972 bits per heavy atom. The molecule has 2 fully saturated rings. The van der Waals surface area contributed by atoms with E-state index < -0.39 is 71.8 Å². The van der Waals surface area contributed by atoms with E-state index in [-0.39, 0.29) is 12.4 Å². The van der Waals surface area contributed by atoms with Crippen molar-refractivity contribution in [3.8, 4) is 0 Å². The highest BCUT2D eigenvalue weighted by atomic mass is 79.9. The second-order valence-corrected chi connectivity index (χ2v) is 9.96. The molecule has 0 bridgehead atoms. The number of hydrogen-bond acceptors (Lipinski definition) is 12. The van der Waals surface area contributed by atoms with Gasteiger partial charge in [-0.15, -0.1) is 0 Å². The van der Waals surface area contributed by atoms with Crippen molar-refractivity contribution in [2.75, 3.05) is 13.2 Å². The van der Waals surface area contributed by atoms with Gasteiger partial charge in [-0.25, -0.2) is 0 Å². The fraction of sp³-hybridized carbons (Fsp3) is 0.783. The van der Waals surface area contributed by atoms with E-state index >= 15 is 0 Å². The molecule has 2 rings (SSSR count). The quantitative estimate of drug-likeness (QED) is 0.151. The summed E-state index contributed by atoms with van der Waals surface area (Å²) < 4.78 is 38.0. The lowest BCUT2D eigenvalue weighted by Crippen LogP contribution is -2.64. The van der Waals surface area contributed by atoms with Crippen LogP contribution in [0.15, 0.2) is 0 Å². The standard InChI is InChI=1S/C23H33BrO12/c1-6-10-30-22(23(24)9-7-8-17(23)29)36-21-20(34-15(5)28)19(33-14(4)27)18(32-13(3)26)16(35-21)11-31-12(2)25/h16,18-22H,6-11H2,1-5H3/t16-,18-,19+,20-,21+,22-,23+/m1/s1. The normalized spacial score (nSPS) is 30.8. The van der Waals surface area contributed by atoms with E-state index in [4.69, 9.17) is 33.2 Å². The van der Waals surface area contributed by atoms with Gasteiger partial charge >= 0.3 is 23.9 Å². The van der Waals surface area contributed by atoms with Crippen LogP contribution >= 0.6 is 15.9 Å². The van der Waals surface area contributed by atoms with Crippen molar-refractivity contribution >= 4 is 45.6 Å². The van der Waals surface area contributed by atoms with Crippen LogP contribution in [0.3, 0.4) is 0 Å². The Bertz CT molecular complexity index is 832. The first-order valence-corrected chi connectivity index (χ1v) is 12.5. The predicted molar refractivity (Wildman–Crippen MR) is 124 cm³/mol. The molecule has 1 heterocycles. The Morgan fingerprint density at radius 3 is 2.06 bits per heavy atom. The number of halogens is 1. The maximum absolute atomic E-state index is 12.7. The Kier molecular flexibility index (Phi) is 11.3. The molecule has 0 aromatic heterocycles. The molecule has 7 atom stereocenters. The lowest BCUT2D eigenvalue weighted by Gasteiger charge is -2.45. The minimum atomic E-state index is -1.45. The monoisotopic (exact) mass is 580 g/mol. The highest BCUT2D eigenvalue weighted by Gasteiger charge is 2.56. The molecular weight excluding hydrogens is 548 g/mol. The number of alkyl halides is 1. The lowest BCUT2D eigenvalue weighted by molar-refractivity contribution is -0.342. The molecule has 0 aromatic rings. The fourth-order valence-corrected chi connectivity index (χ4v) is 4.75. The summed E-state index contributed by atoms with van der Waals surface area (Å²) in [4.78, 5) is 60.0. The highest BCUT2D eigenvalue weighted by molar-refractivity contribution is 9.10. The minimum absolute atomic E-state index is 0.130. The van der Waals surface area contributed by atoms with Crippen molar-refractivity contribution in [2.45, 2.75) is 102 Å². The summed E-state index contributed by atoms with van der Waals surface area (Å²) in [5.74, 6) is -3.03. The third-order valence-corrected chi connectivity index (χ3v) is 6.67. The van der Waals surface area contributed by atoms with E-state index in [9.17, 15) is 24.0 Å². The van der Waals surface area contributed by atoms with E-state index in [1.807, 2.05) is 6.92 Å². The summed E-state index contributed by atoms with van der Waals surface area (Å²) in [7, 11) is 0. The van der Waals surface area contributed by atoms with Gasteiger partial charge in [0.15, 0.2) is 30.4 Å². The van der Waals surface area contributed by atoms with Crippen molar-refractivity contribution < 1.29 is 57.1 Å². The van der Waals surface area contributed by atoms with Crippen molar-refractivity contribution in [1.82, 2.24) is 0 Å². The molecule has 204 valence electrons. The number of ketones is 1. The molecule has 0 unspecified atom stereocenters. The zero-order valence-electron chi connectivity index (χ0n) is 21.0. The summed E-state index contributed by atoms with van der Waals surface area (Å²) in [6.45, 7) is 6.30. The second-order valence-electron chi connectivity index (χ2n) is 8.55. The fourth-order valence-electron chi connectivity index (χ4n) is 4.03. The molecule has 13 heteroatoms. The van der Waals surface area contributed by atoms with Gasteiger partial charge < -0.3 is 33.2 Å². The van der Waals surface area contributed by atoms with Crippen molar-refractivity contribution in [3.63, 3.8) is 0 Å². The van der Waals surface area contributed by atoms with E-state index in [0.717, 1.165) is 20.8 Å². The zero-order valence-corrected chi connectivity index (χ0v) is 22.6. The first-order chi connectivity index (χ1) is 16.9. The number of carbonyl (C=O) groups is 5. The smallest absolute Gasteiger partial charge is 0.303 e. The van der Waals surface area contributed by atoms with Gasteiger partial charge in [0.05, 0.1) is 0 Å². The van der Waals surface area contributed by atoms with E-state index in [1.54, 1.807) is 0 Å². The number of carbonyl (C=O) groups excluding carboxylic acids is 5. The molecule has 0 spiro atoms. The first kappa shape index (κ1) is 30.1. The summed E-state index contributed by atoms with van der Waals surface area (Å²) in [6, 6.07) is 0. The minimum Gasteiger partial charge on any atom is -0.463 e. The van der Waals surface area contributed by atoms with Crippen LogP contribution in [0.2, 0.25) is 0 Å². The molecule has 12 nitrogen and oxygen atoms in total. The van der Waals surface area contributed by atoms with Gasteiger partial charge in [-0.3, -0.25) is 24.0 Å². The summed E-state index contributed by atoms with van der Waals surface area (Å²) in [5, 5.41) is 0. The molecule has 0 N–H and O–H groups in total. The maximum atomic E-state index is 12.7. The van der Waals surface area contributed by atoms with Gasteiger partial charge in [0.2, 0.25) is 6.29 Å². The van der Waals surface area contributed by atoms with Crippen molar-refractivity contribution in [3.05, 3.63) is 0 Å². The second kappa shape index (κ2) is 13.5. The van der Waals surface area contributed by atoms with Crippen LogP contribution < -0.4 is 0 Å². The first-order valence-electron chi connectivity index (χ1n) is 11.7. The van der Waals surface area contributed by atoms with Gasteiger partial charge in [-0.1, -0.05) is 22.9 Å². The lowest BCUT2D eigenvalue weighted by atomic mass is 9.97. The zero-order chi connectivity index (χ0) is 27.0. The summed E-state index contributed by atoms with van der Waals surface area (Å²) in [5.41, 5.74) is 0. The number of ether oxygens (including phenoxy) is 7. The van der Waals surface area contributed by atoms with Crippen LogP contribution in [0.5, 0.6) is 0 Å². The molecule has 0 amide bonds. The number of rotatable bonds is 11. The van der Waals surface area contributed by atoms with Crippen molar-refractivity contribution in [2.24, 2.45) is 0 Å². The van der Waals surface area contributed by atoms with E-state index in [1.165, 1.54) is 6.92 Å². The molecule has 36 heavy (non-hydrogen) atoms. The summed E-state index contributed by atoms with van der Waals surface area (Å²) >= 11 is 3.48. The van der Waals surface area contributed by atoms with Crippen LogP contribution in [0.25, 0.3) is 0 Å². The molecule has 0 aromatic carbocycles. The molecule has 1 saturated carbocycles. The SMILES string of the molecule is CCCO[C@H](O[C@@H]1O[C@H](COC(C)=O)[C@@H](OC(C)=O)[C@H](OC(C)=O)[C@H]1OC(C)=O)[C@]1(Br)CCCC1=O. The van der Waals surface area contributed by atoms with Crippen LogP contribution in [-0.2, 0) is 57.1 Å². The summed E-state index contributed by atoms with van der Waals surface area (Å²) in [6.07, 6.45) is -5.91. The largest absolute Gasteiger partial charge is 0.463 e. The highest BCUT2D eigenvalue weighted by Crippen LogP contribution is 2.41. The Morgan fingerprint density at radius 2 is 1.56 bits per heavy atom. The van der Waals surface area contributed by atoms with Crippen LogP contribution in [-0.4, -0.2) is 84.2 Å². The van der Waals surface area contributed by atoms with Crippen molar-refractivity contribution in [1.29, 1.82) is 0 Å². The third kappa shape index (κ3) is 7.95. The van der Waals surface area contributed by atoms with Crippen LogP contribution in [0.1, 0.15) is 60.3 Å². The molecule has 1 aliphatic heterocycles. The van der Waals surface area contributed by atoms with E-state index in [0.29, 0.717) is 25.7 Å².